The quantitative estimate of drug-likeness (QED) is 0.675. The van der Waals surface area contributed by atoms with E-state index in [-0.39, 0.29) is 17.1 Å². The zero-order valence-corrected chi connectivity index (χ0v) is 13.9. The molecule has 4 rings (SSSR count). The van der Waals surface area contributed by atoms with E-state index in [9.17, 15) is 9.59 Å². The normalized spacial score (nSPS) is 16.7. The second kappa shape index (κ2) is 5.21. The molecule has 3 aromatic rings. The van der Waals surface area contributed by atoms with E-state index >= 15 is 0 Å². The molecule has 2 heterocycles. The minimum atomic E-state index is -0.493. The lowest BCUT2D eigenvalue weighted by molar-refractivity contribution is 0.0771. The van der Waals surface area contributed by atoms with E-state index in [2.05, 4.69) is 0 Å². The molecule has 0 fully saturated rings. The molecule has 4 nitrogen and oxygen atoms in total. The molecule has 2 aromatic carbocycles. The van der Waals surface area contributed by atoms with Crippen molar-refractivity contribution >= 4 is 28.5 Å². The van der Waals surface area contributed by atoms with Crippen LogP contribution in [-0.4, -0.2) is 17.9 Å². The van der Waals surface area contributed by atoms with E-state index in [1.54, 1.807) is 37.4 Å². The maximum Gasteiger partial charge on any atom is 0.290 e. The van der Waals surface area contributed by atoms with Crippen LogP contribution in [0.25, 0.3) is 11.0 Å². The van der Waals surface area contributed by atoms with Gasteiger partial charge in [-0.2, -0.15) is 0 Å². The van der Waals surface area contributed by atoms with Gasteiger partial charge in [0.2, 0.25) is 5.76 Å². The molecule has 1 aliphatic heterocycles. The Balaban J connectivity index is 2.05. The summed E-state index contributed by atoms with van der Waals surface area (Å²) in [5, 5.41) is 1.05. The van der Waals surface area contributed by atoms with Gasteiger partial charge in [-0.15, -0.1) is 0 Å². The molecule has 0 spiro atoms. The predicted molar refractivity (Wildman–Crippen MR) is 92.6 cm³/mol. The van der Waals surface area contributed by atoms with Gasteiger partial charge in [-0.25, -0.2) is 0 Å². The highest BCUT2D eigenvalue weighted by atomic mass is 35.5. The average Bonchev–Trinajstić information content (AvgIpc) is 2.81. The number of carbonyl (C=O) groups excluding carboxylic acids is 1. The average molecular weight is 340 g/mol. The molecule has 0 bridgehead atoms. The molecule has 120 valence electrons. The number of benzene rings is 2. The Labute approximate surface area is 143 Å². The van der Waals surface area contributed by atoms with Gasteiger partial charge in [-0.1, -0.05) is 35.4 Å². The number of fused-ring (bicyclic) bond motifs is 2. The van der Waals surface area contributed by atoms with E-state index in [0.29, 0.717) is 21.6 Å². The number of amides is 1. The molecule has 0 saturated heterocycles. The molecular weight excluding hydrogens is 326 g/mol. The molecule has 24 heavy (non-hydrogen) atoms. The summed E-state index contributed by atoms with van der Waals surface area (Å²) in [5.74, 6) is -0.182. The van der Waals surface area contributed by atoms with Crippen molar-refractivity contribution in [3.63, 3.8) is 0 Å². The Kier molecular flexibility index (Phi) is 3.25. The Morgan fingerprint density at radius 1 is 1.12 bits per heavy atom. The third kappa shape index (κ3) is 2.07. The van der Waals surface area contributed by atoms with Crippen molar-refractivity contribution in [3.05, 3.63) is 80.2 Å². The number of rotatable bonds is 1. The summed E-state index contributed by atoms with van der Waals surface area (Å²) in [7, 11) is 1.67. The topological polar surface area (TPSA) is 50.5 Å². The van der Waals surface area contributed by atoms with Gasteiger partial charge in [0, 0.05) is 12.1 Å². The molecule has 1 atom stereocenters. The van der Waals surface area contributed by atoms with Gasteiger partial charge in [0.1, 0.15) is 5.58 Å². The van der Waals surface area contributed by atoms with Crippen LogP contribution in [0, 0.1) is 6.92 Å². The van der Waals surface area contributed by atoms with Gasteiger partial charge in [-0.3, -0.25) is 9.59 Å². The van der Waals surface area contributed by atoms with E-state index in [4.69, 9.17) is 16.0 Å². The van der Waals surface area contributed by atoms with E-state index in [0.717, 1.165) is 11.1 Å². The maximum absolute atomic E-state index is 13.1. The van der Waals surface area contributed by atoms with Crippen LogP contribution in [0.4, 0.5) is 0 Å². The largest absolute Gasteiger partial charge is 0.450 e. The van der Waals surface area contributed by atoms with Crippen LogP contribution in [0.1, 0.15) is 33.3 Å². The van der Waals surface area contributed by atoms with Crippen LogP contribution in [-0.2, 0) is 0 Å². The summed E-state index contributed by atoms with van der Waals surface area (Å²) in [5.41, 5.74) is 2.39. The van der Waals surface area contributed by atoms with Crippen molar-refractivity contribution in [1.82, 2.24) is 4.90 Å². The highest BCUT2D eigenvalue weighted by Crippen LogP contribution is 2.37. The number of aryl methyl sites for hydroxylation is 1. The molecule has 1 amide bonds. The van der Waals surface area contributed by atoms with Crippen molar-refractivity contribution in [1.29, 1.82) is 0 Å². The Bertz CT molecular complexity index is 1050. The second-order valence-corrected chi connectivity index (χ2v) is 6.48. The molecule has 1 aromatic heterocycles. The van der Waals surface area contributed by atoms with Gasteiger partial charge in [0.15, 0.2) is 5.43 Å². The van der Waals surface area contributed by atoms with Crippen LogP contribution >= 0.6 is 11.6 Å². The first-order valence-electron chi connectivity index (χ1n) is 7.57. The third-order valence-electron chi connectivity index (χ3n) is 4.42. The zero-order chi connectivity index (χ0) is 17.0. The Morgan fingerprint density at radius 3 is 2.67 bits per heavy atom. The summed E-state index contributed by atoms with van der Waals surface area (Å²) in [4.78, 5) is 27.2. The fraction of sp³-hybridized carbons (Fsp3) is 0.158. The van der Waals surface area contributed by atoms with Gasteiger partial charge in [0.05, 0.1) is 17.0 Å². The number of halogens is 1. The molecule has 1 aliphatic rings. The minimum absolute atomic E-state index is 0.115. The summed E-state index contributed by atoms with van der Waals surface area (Å²) in [6, 6.07) is 12.1. The van der Waals surface area contributed by atoms with Crippen LogP contribution in [0.3, 0.4) is 0 Å². The minimum Gasteiger partial charge on any atom is -0.450 e. The first-order valence-corrected chi connectivity index (χ1v) is 7.95. The van der Waals surface area contributed by atoms with Gasteiger partial charge in [0.25, 0.3) is 5.91 Å². The molecule has 0 aliphatic carbocycles. The van der Waals surface area contributed by atoms with Crippen molar-refractivity contribution < 1.29 is 9.21 Å². The first-order chi connectivity index (χ1) is 11.5. The van der Waals surface area contributed by atoms with Crippen LogP contribution in [0.15, 0.2) is 51.7 Å². The Hall–Kier alpha value is -2.59. The predicted octanol–water partition coefficient (Wildman–Crippen LogP) is 3.93. The third-order valence-corrected chi connectivity index (χ3v) is 4.66. The second-order valence-electron chi connectivity index (χ2n) is 6.05. The number of nitrogens with zero attached hydrogens (tertiary/aromatic N) is 1. The number of hydrogen-bond acceptors (Lipinski definition) is 3. The SMILES string of the molecule is Cc1ccc2oc3c(c(=O)c2c1)[C@H](c1cccc(Cl)c1)N(C)C3=O. The van der Waals surface area contributed by atoms with Gasteiger partial charge < -0.3 is 9.32 Å². The fourth-order valence-corrected chi connectivity index (χ4v) is 3.47. The van der Waals surface area contributed by atoms with Gasteiger partial charge >= 0.3 is 0 Å². The van der Waals surface area contributed by atoms with Crippen LogP contribution in [0.5, 0.6) is 0 Å². The fourth-order valence-electron chi connectivity index (χ4n) is 3.27. The summed E-state index contributed by atoms with van der Waals surface area (Å²) in [6.45, 7) is 1.91. The lowest BCUT2D eigenvalue weighted by Crippen LogP contribution is -2.25. The van der Waals surface area contributed by atoms with Crippen molar-refractivity contribution in [2.24, 2.45) is 0 Å². The maximum atomic E-state index is 13.1. The van der Waals surface area contributed by atoms with E-state index < -0.39 is 6.04 Å². The molecule has 0 unspecified atom stereocenters. The van der Waals surface area contributed by atoms with E-state index in [1.807, 2.05) is 19.1 Å². The first kappa shape index (κ1) is 15.0. The highest BCUT2D eigenvalue weighted by molar-refractivity contribution is 6.30. The Morgan fingerprint density at radius 2 is 1.92 bits per heavy atom. The lowest BCUT2D eigenvalue weighted by Gasteiger charge is -2.20. The van der Waals surface area contributed by atoms with Crippen molar-refractivity contribution in [2.75, 3.05) is 7.05 Å². The lowest BCUT2D eigenvalue weighted by atomic mass is 9.98. The summed E-state index contributed by atoms with van der Waals surface area (Å²) < 4.78 is 5.78. The zero-order valence-electron chi connectivity index (χ0n) is 13.2. The van der Waals surface area contributed by atoms with Crippen LogP contribution < -0.4 is 5.43 Å². The van der Waals surface area contributed by atoms with E-state index in [1.165, 1.54) is 4.90 Å². The highest BCUT2D eigenvalue weighted by Gasteiger charge is 2.40. The monoisotopic (exact) mass is 339 g/mol. The molecule has 0 radical (unpaired) electrons. The van der Waals surface area contributed by atoms with Crippen LogP contribution in [0.2, 0.25) is 5.02 Å². The summed E-state index contributed by atoms with van der Waals surface area (Å²) >= 11 is 6.09. The molecule has 5 heteroatoms. The molecular formula is C19H14ClNO3. The molecule has 0 N–H and O–H groups in total. The smallest absolute Gasteiger partial charge is 0.290 e. The number of hydrogen-bond donors (Lipinski definition) is 0. The number of carbonyl (C=O) groups is 1. The molecule has 0 saturated carbocycles. The standard InChI is InChI=1S/C19H14ClNO3/c1-10-6-7-14-13(8-10)17(22)15-16(11-4-3-5-12(20)9-11)21(2)19(23)18(15)24-14/h3-9,16H,1-2H3/t16-/m0/s1. The summed E-state index contributed by atoms with van der Waals surface area (Å²) in [6.07, 6.45) is 0. The van der Waals surface area contributed by atoms with Gasteiger partial charge in [-0.05, 0) is 36.8 Å². The van der Waals surface area contributed by atoms with Crippen molar-refractivity contribution in [3.8, 4) is 0 Å². The van der Waals surface area contributed by atoms with Crippen molar-refractivity contribution in [2.45, 2.75) is 13.0 Å².